The topological polar surface area (TPSA) is 69.6 Å². The summed E-state index contributed by atoms with van der Waals surface area (Å²) in [5.41, 5.74) is -0.600. The molecule has 5 heteroatoms. The zero-order chi connectivity index (χ0) is 13.8. The van der Waals surface area contributed by atoms with E-state index in [0.29, 0.717) is 0 Å². The second-order valence-electron chi connectivity index (χ2n) is 5.30. The van der Waals surface area contributed by atoms with E-state index in [9.17, 15) is 9.59 Å². The second-order valence-corrected chi connectivity index (χ2v) is 5.30. The molecule has 104 valence electrons. The molecule has 18 heavy (non-hydrogen) atoms. The van der Waals surface area contributed by atoms with Crippen LogP contribution in [0.3, 0.4) is 0 Å². The van der Waals surface area contributed by atoms with Crippen LogP contribution in [0, 0.1) is 0 Å². The largest absolute Gasteiger partial charge is 0.480 e. The lowest BCUT2D eigenvalue weighted by molar-refractivity contribution is -0.149. The molecule has 1 fully saturated rings. The molecule has 1 aliphatic heterocycles. The number of rotatable bonds is 5. The fourth-order valence-electron chi connectivity index (χ4n) is 2.35. The normalized spacial score (nSPS) is 25.5. The molecule has 0 saturated carbocycles. The zero-order valence-electron chi connectivity index (χ0n) is 11.5. The molecule has 1 saturated heterocycles. The molecule has 0 radical (unpaired) electrons. The van der Waals surface area contributed by atoms with Crippen molar-refractivity contribution in [3.63, 3.8) is 0 Å². The summed E-state index contributed by atoms with van der Waals surface area (Å²) in [4.78, 5) is 25.0. The summed E-state index contributed by atoms with van der Waals surface area (Å²) in [6.07, 6.45) is 3.62. The summed E-state index contributed by atoms with van der Waals surface area (Å²) in [5, 5.41) is 12.2. The van der Waals surface area contributed by atoms with Gasteiger partial charge in [-0.3, -0.25) is 9.59 Å². The molecule has 0 aliphatic carbocycles. The van der Waals surface area contributed by atoms with Gasteiger partial charge < -0.3 is 15.3 Å². The first-order chi connectivity index (χ1) is 8.40. The van der Waals surface area contributed by atoms with Gasteiger partial charge in [0.15, 0.2) is 0 Å². The average Bonchev–Trinajstić information content (AvgIpc) is 2.35. The van der Waals surface area contributed by atoms with Crippen molar-refractivity contribution in [2.24, 2.45) is 0 Å². The van der Waals surface area contributed by atoms with Crippen LogP contribution in [0.1, 0.15) is 46.5 Å². The summed E-state index contributed by atoms with van der Waals surface area (Å²) >= 11 is 0. The van der Waals surface area contributed by atoms with E-state index < -0.39 is 11.5 Å². The quantitative estimate of drug-likeness (QED) is 0.776. The van der Waals surface area contributed by atoms with Crippen molar-refractivity contribution in [2.75, 3.05) is 13.1 Å². The summed E-state index contributed by atoms with van der Waals surface area (Å²) in [6, 6.07) is -0.0471. The van der Waals surface area contributed by atoms with E-state index in [2.05, 4.69) is 5.32 Å². The highest BCUT2D eigenvalue weighted by molar-refractivity contribution is 5.89. The van der Waals surface area contributed by atoms with Crippen LogP contribution in [0.5, 0.6) is 0 Å². The van der Waals surface area contributed by atoms with Crippen LogP contribution in [-0.2, 0) is 9.59 Å². The van der Waals surface area contributed by atoms with E-state index in [1.54, 1.807) is 0 Å². The molecule has 1 aliphatic rings. The van der Waals surface area contributed by atoms with Gasteiger partial charge in [-0.2, -0.15) is 0 Å². The van der Waals surface area contributed by atoms with Crippen molar-refractivity contribution in [1.82, 2.24) is 10.2 Å². The highest BCUT2D eigenvalue weighted by Crippen LogP contribution is 2.22. The van der Waals surface area contributed by atoms with Crippen LogP contribution in [0.4, 0.5) is 0 Å². The number of carboxylic acids is 1. The van der Waals surface area contributed by atoms with E-state index in [4.69, 9.17) is 5.11 Å². The smallest absolute Gasteiger partial charge is 0.323 e. The minimum Gasteiger partial charge on any atom is -0.480 e. The summed E-state index contributed by atoms with van der Waals surface area (Å²) in [7, 11) is 0. The standard InChI is InChI=1S/C13H24N2O3/c1-4-10(2)15(9-11(16)17)12(18)13(3)7-5-6-8-14-13/h10,14H,4-9H2,1-3H3,(H,16,17). The molecule has 2 N–H and O–H groups in total. The summed E-state index contributed by atoms with van der Waals surface area (Å²) in [6.45, 7) is 6.34. The highest BCUT2D eigenvalue weighted by atomic mass is 16.4. The van der Waals surface area contributed by atoms with E-state index in [1.165, 1.54) is 4.90 Å². The molecule has 1 rings (SSSR count). The average molecular weight is 256 g/mol. The Hall–Kier alpha value is -1.10. The first-order valence-electron chi connectivity index (χ1n) is 6.68. The SMILES string of the molecule is CCC(C)N(CC(=O)O)C(=O)C1(C)CCCCN1. The highest BCUT2D eigenvalue weighted by Gasteiger charge is 2.39. The fourth-order valence-corrected chi connectivity index (χ4v) is 2.35. The van der Waals surface area contributed by atoms with Crippen LogP contribution in [-0.4, -0.2) is 46.6 Å². The first-order valence-corrected chi connectivity index (χ1v) is 6.68. The molecule has 2 atom stereocenters. The minimum absolute atomic E-state index is 0.0471. The molecule has 0 spiro atoms. The monoisotopic (exact) mass is 256 g/mol. The molecule has 0 aromatic rings. The Morgan fingerprint density at radius 2 is 2.11 bits per heavy atom. The molecule has 0 aromatic carbocycles. The maximum absolute atomic E-state index is 12.6. The number of nitrogens with one attached hydrogen (secondary N) is 1. The molecular formula is C13H24N2O3. The fraction of sp³-hybridized carbons (Fsp3) is 0.846. The van der Waals surface area contributed by atoms with E-state index in [-0.39, 0.29) is 18.5 Å². The number of hydrogen-bond donors (Lipinski definition) is 2. The van der Waals surface area contributed by atoms with Crippen molar-refractivity contribution in [1.29, 1.82) is 0 Å². The predicted molar refractivity (Wildman–Crippen MR) is 69.4 cm³/mol. The van der Waals surface area contributed by atoms with Crippen molar-refractivity contribution < 1.29 is 14.7 Å². The number of carboxylic acid groups (broad SMARTS) is 1. The molecule has 5 nitrogen and oxygen atoms in total. The lowest BCUT2D eigenvalue weighted by Crippen LogP contribution is -2.60. The molecule has 0 bridgehead atoms. The number of carbonyl (C=O) groups excluding carboxylic acids is 1. The van der Waals surface area contributed by atoms with Crippen LogP contribution in [0.25, 0.3) is 0 Å². The second kappa shape index (κ2) is 6.18. The van der Waals surface area contributed by atoms with E-state index >= 15 is 0 Å². The summed E-state index contributed by atoms with van der Waals surface area (Å²) in [5.74, 6) is -1.04. The lowest BCUT2D eigenvalue weighted by atomic mass is 9.89. The Balaban J connectivity index is 2.83. The Morgan fingerprint density at radius 3 is 2.56 bits per heavy atom. The van der Waals surface area contributed by atoms with Crippen molar-refractivity contribution >= 4 is 11.9 Å². The lowest BCUT2D eigenvalue weighted by Gasteiger charge is -2.39. The van der Waals surface area contributed by atoms with Gasteiger partial charge in [0.2, 0.25) is 5.91 Å². The number of nitrogens with zero attached hydrogens (tertiary/aromatic N) is 1. The molecule has 2 unspecified atom stereocenters. The van der Waals surface area contributed by atoms with Crippen molar-refractivity contribution in [3.8, 4) is 0 Å². The molecule has 0 aromatic heterocycles. The first kappa shape index (κ1) is 15.0. The third-order valence-corrected chi connectivity index (χ3v) is 3.78. The summed E-state index contributed by atoms with van der Waals surface area (Å²) < 4.78 is 0. The van der Waals surface area contributed by atoms with Crippen molar-refractivity contribution in [3.05, 3.63) is 0 Å². The molecular weight excluding hydrogens is 232 g/mol. The van der Waals surface area contributed by atoms with Gasteiger partial charge in [-0.15, -0.1) is 0 Å². The maximum atomic E-state index is 12.6. The third-order valence-electron chi connectivity index (χ3n) is 3.78. The van der Waals surface area contributed by atoms with Crippen LogP contribution in [0.15, 0.2) is 0 Å². The molecule has 1 heterocycles. The maximum Gasteiger partial charge on any atom is 0.323 e. The number of hydrogen-bond acceptors (Lipinski definition) is 3. The molecule has 1 amide bonds. The van der Waals surface area contributed by atoms with Gasteiger partial charge in [0.1, 0.15) is 6.54 Å². The Bertz CT molecular complexity index is 311. The minimum atomic E-state index is -0.956. The number of aliphatic carboxylic acids is 1. The van der Waals surface area contributed by atoms with Crippen molar-refractivity contribution in [2.45, 2.75) is 58.0 Å². The zero-order valence-corrected chi connectivity index (χ0v) is 11.5. The van der Waals surface area contributed by atoms with Crippen LogP contribution in [0.2, 0.25) is 0 Å². The number of piperidine rings is 1. The Kier molecular flexibility index (Phi) is 5.14. The van der Waals surface area contributed by atoms with E-state index in [1.807, 2.05) is 20.8 Å². The van der Waals surface area contributed by atoms with Gasteiger partial charge in [-0.1, -0.05) is 6.92 Å². The van der Waals surface area contributed by atoms with E-state index in [0.717, 1.165) is 32.2 Å². The van der Waals surface area contributed by atoms with Gasteiger partial charge in [0, 0.05) is 6.04 Å². The third kappa shape index (κ3) is 3.45. The van der Waals surface area contributed by atoms with Gasteiger partial charge in [-0.05, 0) is 46.1 Å². The van der Waals surface area contributed by atoms with Gasteiger partial charge in [0.05, 0.1) is 5.54 Å². The van der Waals surface area contributed by atoms with Crippen LogP contribution >= 0.6 is 0 Å². The van der Waals surface area contributed by atoms with Gasteiger partial charge >= 0.3 is 5.97 Å². The van der Waals surface area contributed by atoms with Gasteiger partial charge in [-0.25, -0.2) is 0 Å². The Labute approximate surface area is 109 Å². The number of amides is 1. The van der Waals surface area contributed by atoms with Gasteiger partial charge in [0.25, 0.3) is 0 Å². The predicted octanol–water partition coefficient (Wildman–Crippen LogP) is 1.23. The Morgan fingerprint density at radius 1 is 1.44 bits per heavy atom. The number of carbonyl (C=O) groups is 2. The van der Waals surface area contributed by atoms with Crippen LogP contribution < -0.4 is 5.32 Å².